The van der Waals surface area contributed by atoms with Crippen molar-refractivity contribution in [3.63, 3.8) is 0 Å². The molecule has 1 aromatic heterocycles. The minimum absolute atomic E-state index is 0.716. The van der Waals surface area contributed by atoms with Gasteiger partial charge in [-0.3, -0.25) is 4.98 Å². The second kappa shape index (κ2) is 3.70. The van der Waals surface area contributed by atoms with Crippen LogP contribution in [0.2, 0.25) is 0 Å². The molecule has 0 spiro atoms. The maximum absolute atomic E-state index is 4.29. The number of pyridine rings is 1. The van der Waals surface area contributed by atoms with E-state index in [0.29, 0.717) is 5.92 Å². The van der Waals surface area contributed by atoms with E-state index in [1.807, 2.05) is 13.1 Å². The number of aryl methyl sites for hydroxylation is 2. The van der Waals surface area contributed by atoms with E-state index in [0.717, 1.165) is 12.1 Å². The summed E-state index contributed by atoms with van der Waals surface area (Å²) in [4.78, 5) is 4.29. The first-order valence-corrected chi connectivity index (χ1v) is 4.51. The zero-order chi connectivity index (χ0) is 9.14. The lowest BCUT2D eigenvalue weighted by molar-refractivity contribution is 0.643. The van der Waals surface area contributed by atoms with Crippen LogP contribution in [0.1, 0.15) is 30.7 Å². The maximum Gasteiger partial charge on any atom is 0.0375 e. The quantitative estimate of drug-likeness (QED) is 0.653. The van der Waals surface area contributed by atoms with Gasteiger partial charge in [-0.2, -0.15) is 0 Å². The van der Waals surface area contributed by atoms with Crippen LogP contribution in [0, 0.1) is 19.8 Å². The van der Waals surface area contributed by atoms with E-state index in [9.17, 15) is 0 Å². The highest BCUT2D eigenvalue weighted by molar-refractivity contribution is 5.24. The van der Waals surface area contributed by atoms with Gasteiger partial charge in [-0.1, -0.05) is 13.8 Å². The van der Waals surface area contributed by atoms with Crippen molar-refractivity contribution in [2.75, 3.05) is 0 Å². The van der Waals surface area contributed by atoms with Crippen molar-refractivity contribution in [2.24, 2.45) is 5.92 Å². The van der Waals surface area contributed by atoms with Gasteiger partial charge in [0.05, 0.1) is 0 Å². The number of rotatable bonds is 2. The Bertz CT molecular complexity index is 264. The van der Waals surface area contributed by atoms with E-state index in [-0.39, 0.29) is 0 Å². The normalized spacial score (nSPS) is 10.8. The third-order valence-electron chi connectivity index (χ3n) is 1.98. The zero-order valence-electron chi connectivity index (χ0n) is 8.39. The van der Waals surface area contributed by atoms with Crippen LogP contribution in [0.15, 0.2) is 12.3 Å². The van der Waals surface area contributed by atoms with Crippen molar-refractivity contribution in [2.45, 2.75) is 34.1 Å². The summed E-state index contributed by atoms with van der Waals surface area (Å²) in [6.07, 6.45) is 3.14. The summed E-state index contributed by atoms with van der Waals surface area (Å²) < 4.78 is 0. The van der Waals surface area contributed by atoms with Crippen LogP contribution in [0.4, 0.5) is 0 Å². The molecule has 0 bridgehead atoms. The summed E-state index contributed by atoms with van der Waals surface area (Å²) in [6, 6.07) is 2.15. The van der Waals surface area contributed by atoms with Crippen molar-refractivity contribution in [3.05, 3.63) is 29.1 Å². The fourth-order valence-electron chi connectivity index (χ4n) is 1.38. The highest BCUT2D eigenvalue weighted by atomic mass is 14.7. The van der Waals surface area contributed by atoms with Crippen LogP contribution in [-0.4, -0.2) is 4.98 Å². The lowest BCUT2D eigenvalue weighted by Crippen LogP contribution is -1.98. The first kappa shape index (κ1) is 9.24. The summed E-state index contributed by atoms with van der Waals surface area (Å²) in [5.74, 6) is 0.716. The second-order valence-corrected chi connectivity index (χ2v) is 3.85. The third-order valence-corrected chi connectivity index (χ3v) is 1.98. The molecule has 1 heterocycles. The number of hydrogen-bond donors (Lipinski definition) is 0. The Balaban J connectivity index is 2.86. The van der Waals surface area contributed by atoms with E-state index >= 15 is 0 Å². The summed E-state index contributed by atoms with van der Waals surface area (Å²) >= 11 is 0. The van der Waals surface area contributed by atoms with E-state index in [1.165, 1.54) is 11.1 Å². The highest BCUT2D eigenvalue weighted by Gasteiger charge is 2.01. The Morgan fingerprint density at radius 1 is 1.33 bits per heavy atom. The Morgan fingerprint density at radius 3 is 2.50 bits per heavy atom. The van der Waals surface area contributed by atoms with Gasteiger partial charge in [-0.05, 0) is 43.4 Å². The predicted octanol–water partition coefficient (Wildman–Crippen LogP) is 2.90. The first-order chi connectivity index (χ1) is 5.59. The van der Waals surface area contributed by atoms with Crippen molar-refractivity contribution >= 4 is 0 Å². The van der Waals surface area contributed by atoms with Gasteiger partial charge in [0.25, 0.3) is 0 Å². The Labute approximate surface area is 74.8 Å². The van der Waals surface area contributed by atoms with Crippen LogP contribution in [-0.2, 0) is 6.42 Å². The summed E-state index contributed by atoms with van der Waals surface area (Å²) in [7, 11) is 0. The third kappa shape index (κ3) is 2.33. The minimum atomic E-state index is 0.716. The fraction of sp³-hybridized carbons (Fsp3) is 0.545. The summed E-state index contributed by atoms with van der Waals surface area (Å²) in [5, 5.41) is 0. The molecule has 0 saturated heterocycles. The molecule has 0 aliphatic heterocycles. The summed E-state index contributed by atoms with van der Waals surface area (Å²) in [6.45, 7) is 8.66. The van der Waals surface area contributed by atoms with Gasteiger partial charge in [0.2, 0.25) is 0 Å². The topological polar surface area (TPSA) is 12.9 Å². The maximum atomic E-state index is 4.29. The van der Waals surface area contributed by atoms with Gasteiger partial charge in [0.15, 0.2) is 0 Å². The van der Waals surface area contributed by atoms with E-state index in [1.54, 1.807) is 0 Å². The molecule has 0 N–H and O–H groups in total. The largest absolute Gasteiger partial charge is 0.261 e. The van der Waals surface area contributed by atoms with Gasteiger partial charge in [-0.25, -0.2) is 0 Å². The second-order valence-electron chi connectivity index (χ2n) is 3.85. The molecule has 0 unspecified atom stereocenters. The molecule has 0 saturated carbocycles. The molecule has 66 valence electrons. The van der Waals surface area contributed by atoms with Crippen molar-refractivity contribution in [3.8, 4) is 0 Å². The molecule has 1 nitrogen and oxygen atoms in total. The predicted molar refractivity (Wildman–Crippen MR) is 52.3 cm³/mol. The van der Waals surface area contributed by atoms with Crippen LogP contribution < -0.4 is 0 Å². The van der Waals surface area contributed by atoms with Crippen LogP contribution in [0.5, 0.6) is 0 Å². The standard InChI is InChI=1S/C11H17N/c1-8(2)5-11-7-12-10(4)6-9(11)3/h6-8H,5H2,1-4H3. The molecule has 0 fully saturated rings. The molecule has 1 aromatic rings. The van der Waals surface area contributed by atoms with Crippen LogP contribution in [0.3, 0.4) is 0 Å². The molecule has 0 amide bonds. The van der Waals surface area contributed by atoms with E-state index in [2.05, 4.69) is 31.8 Å². The molecule has 0 aliphatic rings. The van der Waals surface area contributed by atoms with Gasteiger partial charge in [0.1, 0.15) is 0 Å². The van der Waals surface area contributed by atoms with Crippen LogP contribution in [0.25, 0.3) is 0 Å². The van der Waals surface area contributed by atoms with Crippen molar-refractivity contribution < 1.29 is 0 Å². The smallest absolute Gasteiger partial charge is 0.0375 e. The molecule has 0 atom stereocenters. The number of aromatic nitrogens is 1. The Hall–Kier alpha value is -0.850. The van der Waals surface area contributed by atoms with Gasteiger partial charge in [-0.15, -0.1) is 0 Å². The first-order valence-electron chi connectivity index (χ1n) is 4.51. The molecular formula is C11H17N. The monoisotopic (exact) mass is 163 g/mol. The molecule has 12 heavy (non-hydrogen) atoms. The lowest BCUT2D eigenvalue weighted by Gasteiger charge is -2.08. The SMILES string of the molecule is Cc1cc(C)c(CC(C)C)cn1. The average Bonchev–Trinajstić information content (AvgIpc) is 1.94. The molecular weight excluding hydrogens is 146 g/mol. The van der Waals surface area contributed by atoms with Gasteiger partial charge < -0.3 is 0 Å². The molecule has 1 rings (SSSR count). The lowest BCUT2D eigenvalue weighted by atomic mass is 10.0. The van der Waals surface area contributed by atoms with Crippen LogP contribution >= 0.6 is 0 Å². The van der Waals surface area contributed by atoms with Crippen molar-refractivity contribution in [1.29, 1.82) is 0 Å². The zero-order valence-corrected chi connectivity index (χ0v) is 8.39. The average molecular weight is 163 g/mol. The minimum Gasteiger partial charge on any atom is -0.261 e. The molecule has 1 heteroatoms. The number of hydrogen-bond acceptors (Lipinski definition) is 1. The van der Waals surface area contributed by atoms with Gasteiger partial charge in [0, 0.05) is 11.9 Å². The Morgan fingerprint density at radius 2 is 2.00 bits per heavy atom. The number of nitrogens with zero attached hydrogens (tertiary/aromatic N) is 1. The summed E-state index contributed by atoms with van der Waals surface area (Å²) in [5.41, 5.74) is 3.87. The Kier molecular flexibility index (Phi) is 2.85. The van der Waals surface area contributed by atoms with Crippen molar-refractivity contribution in [1.82, 2.24) is 4.98 Å². The molecule has 0 aliphatic carbocycles. The van der Waals surface area contributed by atoms with E-state index in [4.69, 9.17) is 0 Å². The molecule has 0 aromatic carbocycles. The fourth-order valence-corrected chi connectivity index (χ4v) is 1.38. The van der Waals surface area contributed by atoms with Gasteiger partial charge >= 0.3 is 0 Å². The highest BCUT2D eigenvalue weighted by Crippen LogP contribution is 2.12. The molecule has 0 radical (unpaired) electrons. The van der Waals surface area contributed by atoms with E-state index < -0.39 is 0 Å².